The Morgan fingerprint density at radius 3 is 2.46 bits per heavy atom. The van der Waals surface area contributed by atoms with Crippen molar-refractivity contribution < 1.29 is 19.3 Å². The summed E-state index contributed by atoms with van der Waals surface area (Å²) in [5.41, 5.74) is 0.674. The van der Waals surface area contributed by atoms with E-state index in [9.17, 15) is 19.7 Å². The summed E-state index contributed by atoms with van der Waals surface area (Å²) in [6.07, 6.45) is 0. The molecule has 0 aliphatic carbocycles. The lowest BCUT2D eigenvalue weighted by molar-refractivity contribution is -0.391. The highest BCUT2D eigenvalue weighted by atomic mass is 19.1. The fraction of sp³-hybridized carbons (Fsp3) is 0.125. The first-order valence-corrected chi connectivity index (χ1v) is 7.45. The number of methoxy groups -OCH3 is 1. The summed E-state index contributed by atoms with van der Waals surface area (Å²) in [4.78, 5) is 16.0. The summed E-state index contributed by atoms with van der Waals surface area (Å²) in [5, 5.41) is 25.3. The first-order valence-electron chi connectivity index (χ1n) is 7.45. The number of ether oxygens (including phenoxy) is 1. The van der Waals surface area contributed by atoms with Gasteiger partial charge in [0.25, 0.3) is 5.49 Å². The second kappa shape index (κ2) is 7.05. The molecule has 0 aliphatic rings. The normalized spacial score (nSPS) is 11.5. The van der Waals surface area contributed by atoms with Crippen LogP contribution in [0.3, 0.4) is 0 Å². The quantitative estimate of drug-likeness (QED) is 0.426. The molecule has 3 aromatic rings. The lowest BCUT2D eigenvalue weighted by Crippen LogP contribution is -2.22. The Morgan fingerprint density at radius 1 is 1.23 bits per heavy atom. The highest BCUT2D eigenvalue weighted by Gasteiger charge is 2.23. The number of halogens is 1. The molecule has 0 fully saturated rings. The summed E-state index contributed by atoms with van der Waals surface area (Å²) in [6, 6.07) is 11.9. The number of benzene rings is 2. The molecule has 9 nitrogen and oxygen atoms in total. The fourth-order valence-corrected chi connectivity index (χ4v) is 2.25. The molecule has 1 heterocycles. The molecule has 0 saturated carbocycles. The summed E-state index contributed by atoms with van der Waals surface area (Å²) >= 11 is 0. The van der Waals surface area contributed by atoms with Gasteiger partial charge in [0.2, 0.25) is 0 Å². The van der Waals surface area contributed by atoms with Crippen molar-refractivity contribution in [2.45, 2.75) is 6.54 Å². The molecule has 0 unspecified atom stereocenters. The molecule has 1 aromatic heterocycles. The van der Waals surface area contributed by atoms with Crippen LogP contribution >= 0.6 is 0 Å². The van der Waals surface area contributed by atoms with Crippen LogP contribution in [0.1, 0.15) is 5.56 Å². The van der Waals surface area contributed by atoms with Crippen molar-refractivity contribution in [2.75, 3.05) is 7.11 Å². The maximum atomic E-state index is 12.9. The van der Waals surface area contributed by atoms with E-state index in [1.54, 1.807) is 24.3 Å². The Bertz CT molecular complexity index is 993. The predicted molar refractivity (Wildman–Crippen MR) is 87.6 cm³/mol. The van der Waals surface area contributed by atoms with Crippen LogP contribution in [0.4, 0.5) is 10.2 Å². The van der Waals surface area contributed by atoms with Crippen molar-refractivity contribution >= 4 is 5.82 Å². The molecule has 2 aromatic carbocycles. The van der Waals surface area contributed by atoms with Crippen LogP contribution in [0.2, 0.25) is 0 Å². The number of aromatic nitrogens is 3. The average Bonchev–Trinajstić information content (AvgIpc) is 2.98. The Balaban J connectivity index is 2.03. The van der Waals surface area contributed by atoms with Gasteiger partial charge in [-0.1, -0.05) is 17.0 Å². The highest BCUT2D eigenvalue weighted by molar-refractivity contribution is 5.36. The molecule has 1 N–H and O–H groups in total. The van der Waals surface area contributed by atoms with Crippen LogP contribution in [-0.4, -0.2) is 32.0 Å². The van der Waals surface area contributed by atoms with E-state index in [-0.39, 0.29) is 12.0 Å². The van der Waals surface area contributed by atoms with E-state index in [1.807, 2.05) is 0 Å². The summed E-state index contributed by atoms with van der Waals surface area (Å²) in [6.45, 7) is 0.00991. The zero-order chi connectivity index (χ0) is 18.7. The maximum absolute atomic E-state index is 12.9. The van der Waals surface area contributed by atoms with E-state index < -0.39 is 16.6 Å². The first-order chi connectivity index (χ1) is 12.5. The van der Waals surface area contributed by atoms with Crippen molar-refractivity contribution in [1.82, 2.24) is 14.7 Å². The number of hydrogen-bond acceptors (Lipinski definition) is 6. The minimum Gasteiger partial charge on any atom is -0.497 e. The summed E-state index contributed by atoms with van der Waals surface area (Å²) < 4.78 is 18.0. The average molecular weight is 359 g/mol. The van der Waals surface area contributed by atoms with E-state index in [2.05, 4.69) is 10.1 Å². The van der Waals surface area contributed by atoms with Gasteiger partial charge in [0.05, 0.1) is 18.8 Å². The summed E-state index contributed by atoms with van der Waals surface area (Å²) in [7, 11) is 1.51. The van der Waals surface area contributed by atoms with Gasteiger partial charge in [-0.15, -0.1) is 0 Å². The van der Waals surface area contributed by atoms with E-state index in [0.29, 0.717) is 21.8 Å². The second-order valence-corrected chi connectivity index (χ2v) is 5.22. The van der Waals surface area contributed by atoms with Gasteiger partial charge in [-0.3, -0.25) is 4.99 Å². The SMILES string of the molecule is COc1ccc(-n2nc([N+](=O)[O-])c(=NCc3ccc(F)cc3)n2O)cc1. The van der Waals surface area contributed by atoms with Crippen LogP contribution in [0.25, 0.3) is 5.69 Å². The van der Waals surface area contributed by atoms with Crippen LogP contribution in [0, 0.1) is 15.9 Å². The minimum absolute atomic E-state index is 0.00991. The molecule has 0 aliphatic heterocycles. The third-order valence-corrected chi connectivity index (χ3v) is 3.56. The number of nitrogens with zero attached hydrogens (tertiary/aromatic N) is 5. The maximum Gasteiger partial charge on any atom is 0.438 e. The van der Waals surface area contributed by atoms with Crippen LogP contribution in [0.15, 0.2) is 53.5 Å². The number of nitro groups is 1. The molecular formula is C16H14FN5O4. The molecule has 26 heavy (non-hydrogen) atoms. The molecule has 0 saturated heterocycles. The van der Waals surface area contributed by atoms with Crippen LogP contribution in [-0.2, 0) is 6.54 Å². The Morgan fingerprint density at radius 2 is 1.88 bits per heavy atom. The van der Waals surface area contributed by atoms with Gasteiger partial charge in [0.1, 0.15) is 17.3 Å². The zero-order valence-electron chi connectivity index (χ0n) is 13.6. The molecule has 0 spiro atoms. The monoisotopic (exact) mass is 359 g/mol. The van der Waals surface area contributed by atoms with Gasteiger partial charge in [0.15, 0.2) is 0 Å². The standard InChI is InChI=1S/C16H14FN5O4/c1-26-14-8-6-13(7-9-14)20-19-16(22(24)25)15(21(20)23)18-10-11-2-4-12(17)5-3-11/h2-9,23H,10H2,1H3. The van der Waals surface area contributed by atoms with E-state index >= 15 is 0 Å². The second-order valence-electron chi connectivity index (χ2n) is 5.22. The van der Waals surface area contributed by atoms with Gasteiger partial charge in [-0.2, -0.15) is 0 Å². The minimum atomic E-state index is -0.740. The van der Waals surface area contributed by atoms with Gasteiger partial charge >= 0.3 is 5.82 Å². The van der Waals surface area contributed by atoms with Gasteiger partial charge in [-0.25, -0.2) is 4.39 Å². The molecule has 0 radical (unpaired) electrons. The topological polar surface area (TPSA) is 108 Å². The molecular weight excluding hydrogens is 345 g/mol. The van der Waals surface area contributed by atoms with Gasteiger partial charge in [-0.05, 0) is 51.7 Å². The van der Waals surface area contributed by atoms with Crippen molar-refractivity contribution in [1.29, 1.82) is 0 Å². The molecule has 0 amide bonds. The smallest absolute Gasteiger partial charge is 0.438 e. The number of hydrogen-bond donors (Lipinski definition) is 1. The Hall–Kier alpha value is -3.69. The number of rotatable bonds is 5. The Labute approximate surface area is 146 Å². The van der Waals surface area contributed by atoms with Crippen molar-refractivity contribution in [3.05, 3.63) is 75.5 Å². The first kappa shape index (κ1) is 17.1. The van der Waals surface area contributed by atoms with Gasteiger partial charge in [0, 0.05) is 0 Å². The van der Waals surface area contributed by atoms with E-state index in [0.717, 1.165) is 4.80 Å². The lowest BCUT2D eigenvalue weighted by Gasteiger charge is -2.02. The molecule has 0 atom stereocenters. The van der Waals surface area contributed by atoms with Crippen molar-refractivity contribution in [3.63, 3.8) is 0 Å². The lowest BCUT2D eigenvalue weighted by atomic mass is 10.2. The third kappa shape index (κ3) is 3.38. The molecule has 0 bridgehead atoms. The molecule has 10 heteroatoms. The largest absolute Gasteiger partial charge is 0.497 e. The Kier molecular flexibility index (Phi) is 4.65. The highest BCUT2D eigenvalue weighted by Crippen LogP contribution is 2.14. The van der Waals surface area contributed by atoms with Crippen LogP contribution < -0.4 is 10.2 Å². The fourth-order valence-electron chi connectivity index (χ4n) is 2.25. The van der Waals surface area contributed by atoms with Crippen molar-refractivity contribution in [2.24, 2.45) is 4.99 Å². The van der Waals surface area contributed by atoms with E-state index in [1.165, 1.54) is 31.4 Å². The van der Waals surface area contributed by atoms with E-state index in [4.69, 9.17) is 4.74 Å². The predicted octanol–water partition coefficient (Wildman–Crippen LogP) is 2.07. The summed E-state index contributed by atoms with van der Waals surface area (Å²) in [5.74, 6) is -0.421. The molecule has 134 valence electrons. The third-order valence-electron chi connectivity index (χ3n) is 3.56. The zero-order valence-corrected chi connectivity index (χ0v) is 13.6. The van der Waals surface area contributed by atoms with Crippen LogP contribution in [0.5, 0.6) is 5.75 Å². The molecule has 3 rings (SSSR count). The van der Waals surface area contributed by atoms with Gasteiger partial charge < -0.3 is 20.1 Å². The van der Waals surface area contributed by atoms with Crippen molar-refractivity contribution in [3.8, 4) is 11.4 Å².